The second kappa shape index (κ2) is 9.67. The molecule has 2 aromatic carbocycles. The third-order valence-electron chi connectivity index (χ3n) is 5.37. The van der Waals surface area contributed by atoms with Crippen molar-refractivity contribution in [2.45, 2.75) is 0 Å². The van der Waals surface area contributed by atoms with Crippen molar-refractivity contribution in [2.24, 2.45) is 0 Å². The summed E-state index contributed by atoms with van der Waals surface area (Å²) in [5, 5.41) is 7.73. The van der Waals surface area contributed by atoms with E-state index < -0.39 is 0 Å². The van der Waals surface area contributed by atoms with Gasteiger partial charge in [-0.1, -0.05) is 0 Å². The Balaban J connectivity index is 1.16. The fourth-order valence-corrected chi connectivity index (χ4v) is 3.65. The van der Waals surface area contributed by atoms with Gasteiger partial charge >= 0.3 is 0 Å². The number of fused-ring (bicyclic) bond motifs is 1. The van der Waals surface area contributed by atoms with E-state index in [4.69, 9.17) is 9.47 Å². The molecule has 0 spiro atoms. The molecular weight excluding hydrogens is 404 g/mol. The number of ether oxygens (including phenoxy) is 2. The second-order valence-electron chi connectivity index (χ2n) is 7.62. The molecule has 0 saturated carbocycles. The zero-order valence-electron chi connectivity index (χ0n) is 17.8. The van der Waals surface area contributed by atoms with Crippen LogP contribution in [0.2, 0.25) is 0 Å². The Bertz CT molecular complexity index is 1150. The van der Waals surface area contributed by atoms with E-state index in [0.29, 0.717) is 12.6 Å². The minimum atomic E-state index is 0.527. The van der Waals surface area contributed by atoms with Crippen LogP contribution in [0.15, 0.2) is 67.0 Å². The van der Waals surface area contributed by atoms with Crippen molar-refractivity contribution in [3.63, 3.8) is 0 Å². The van der Waals surface area contributed by atoms with E-state index in [1.807, 2.05) is 54.7 Å². The molecule has 5 rings (SSSR count). The molecule has 4 aromatic rings. The third-order valence-corrected chi connectivity index (χ3v) is 5.37. The average molecular weight is 431 g/mol. The maximum absolute atomic E-state index is 5.87. The molecule has 8 heteroatoms. The molecule has 1 saturated heterocycles. The third kappa shape index (κ3) is 5.16. The average Bonchev–Trinajstić information content (AvgIpc) is 3.29. The summed E-state index contributed by atoms with van der Waals surface area (Å²) in [6.45, 7) is 5.14. The first-order chi connectivity index (χ1) is 15.8. The van der Waals surface area contributed by atoms with E-state index in [0.717, 1.165) is 66.7 Å². The van der Waals surface area contributed by atoms with Crippen LogP contribution in [0.4, 0.5) is 23.1 Å². The van der Waals surface area contributed by atoms with E-state index in [1.165, 1.54) is 0 Å². The molecule has 0 radical (unpaired) electrons. The fourth-order valence-electron chi connectivity index (χ4n) is 3.65. The lowest BCUT2D eigenvalue weighted by atomic mass is 10.2. The summed E-state index contributed by atoms with van der Waals surface area (Å²) >= 11 is 0. The summed E-state index contributed by atoms with van der Waals surface area (Å²) in [5.41, 5.74) is 2.98. The highest BCUT2D eigenvalue weighted by atomic mass is 16.5. The van der Waals surface area contributed by atoms with Crippen LogP contribution in [0.5, 0.6) is 5.75 Å². The zero-order valence-corrected chi connectivity index (χ0v) is 17.8. The zero-order chi connectivity index (χ0) is 21.6. The molecule has 0 aliphatic carbocycles. The maximum Gasteiger partial charge on any atom is 0.229 e. The normalized spacial score (nSPS) is 14.4. The topological polar surface area (TPSA) is 87.3 Å². The van der Waals surface area contributed by atoms with Gasteiger partial charge in [-0.25, -0.2) is 4.98 Å². The lowest BCUT2D eigenvalue weighted by Gasteiger charge is -2.26. The van der Waals surface area contributed by atoms with Crippen molar-refractivity contribution in [3.05, 3.63) is 67.0 Å². The molecule has 8 nitrogen and oxygen atoms in total. The number of nitrogens with zero attached hydrogens (tertiary/aromatic N) is 3. The first-order valence-electron chi connectivity index (χ1n) is 10.8. The van der Waals surface area contributed by atoms with Crippen LogP contribution < -0.4 is 15.4 Å². The Morgan fingerprint density at radius 1 is 0.969 bits per heavy atom. The molecule has 0 amide bonds. The molecule has 0 unspecified atom stereocenters. The predicted molar refractivity (Wildman–Crippen MR) is 126 cm³/mol. The number of H-pyrrole nitrogens is 1. The Morgan fingerprint density at radius 3 is 2.69 bits per heavy atom. The van der Waals surface area contributed by atoms with Crippen LogP contribution >= 0.6 is 0 Å². The summed E-state index contributed by atoms with van der Waals surface area (Å²) in [4.78, 5) is 14.4. The number of hydrogen-bond donors (Lipinski definition) is 3. The molecule has 3 heterocycles. The number of aromatic nitrogens is 3. The summed E-state index contributed by atoms with van der Waals surface area (Å²) in [5.74, 6) is 2.10. The highest BCUT2D eigenvalue weighted by Gasteiger charge is 2.09. The van der Waals surface area contributed by atoms with Gasteiger partial charge in [0.15, 0.2) is 0 Å². The van der Waals surface area contributed by atoms with Crippen molar-refractivity contribution < 1.29 is 9.47 Å². The molecular formula is C24H26N6O2. The van der Waals surface area contributed by atoms with Crippen molar-refractivity contribution >= 4 is 34.0 Å². The summed E-state index contributed by atoms with van der Waals surface area (Å²) in [7, 11) is 0. The van der Waals surface area contributed by atoms with Crippen molar-refractivity contribution in [3.8, 4) is 5.75 Å². The summed E-state index contributed by atoms with van der Waals surface area (Å²) in [6, 6.07) is 17.9. The smallest absolute Gasteiger partial charge is 0.229 e. The minimum absolute atomic E-state index is 0.527. The van der Waals surface area contributed by atoms with Crippen LogP contribution in [0.25, 0.3) is 10.9 Å². The van der Waals surface area contributed by atoms with Crippen molar-refractivity contribution in [1.29, 1.82) is 0 Å². The molecule has 0 bridgehead atoms. The largest absolute Gasteiger partial charge is 0.492 e. The number of aromatic amines is 1. The number of morpholine rings is 1. The van der Waals surface area contributed by atoms with Gasteiger partial charge in [-0.05, 0) is 54.6 Å². The lowest BCUT2D eigenvalue weighted by Crippen LogP contribution is -2.38. The van der Waals surface area contributed by atoms with E-state index in [-0.39, 0.29) is 0 Å². The maximum atomic E-state index is 5.87. The monoisotopic (exact) mass is 430 g/mol. The van der Waals surface area contributed by atoms with Gasteiger partial charge in [-0.15, -0.1) is 0 Å². The molecule has 32 heavy (non-hydrogen) atoms. The minimum Gasteiger partial charge on any atom is -0.492 e. The number of benzene rings is 2. The SMILES string of the molecule is c1cc(Nc2ccc3[nH]ccc3c2)nc(Nc2ccc(OCCN3CCOCC3)cc2)n1. The molecule has 1 aliphatic heterocycles. The van der Waals surface area contributed by atoms with Crippen LogP contribution in [0, 0.1) is 0 Å². The van der Waals surface area contributed by atoms with Crippen molar-refractivity contribution in [1.82, 2.24) is 19.9 Å². The van der Waals surface area contributed by atoms with E-state index in [2.05, 4.69) is 36.6 Å². The van der Waals surface area contributed by atoms with Crippen LogP contribution in [-0.4, -0.2) is 59.3 Å². The van der Waals surface area contributed by atoms with Gasteiger partial charge in [0.25, 0.3) is 0 Å². The van der Waals surface area contributed by atoms with Gasteiger partial charge in [0.1, 0.15) is 18.2 Å². The molecule has 164 valence electrons. The van der Waals surface area contributed by atoms with Crippen LogP contribution in [0.3, 0.4) is 0 Å². The number of nitrogens with one attached hydrogen (secondary N) is 3. The molecule has 2 aromatic heterocycles. The second-order valence-corrected chi connectivity index (χ2v) is 7.62. The Labute approximate surface area is 186 Å². The number of rotatable bonds is 8. The van der Waals surface area contributed by atoms with Gasteiger partial charge in [0.05, 0.1) is 13.2 Å². The Kier molecular flexibility index (Phi) is 6.13. The molecule has 3 N–H and O–H groups in total. The molecule has 1 aliphatic rings. The molecule has 0 atom stereocenters. The van der Waals surface area contributed by atoms with Crippen LogP contribution in [0.1, 0.15) is 0 Å². The Hall–Kier alpha value is -3.62. The summed E-state index contributed by atoms with van der Waals surface area (Å²) < 4.78 is 11.2. The van der Waals surface area contributed by atoms with Crippen LogP contribution in [-0.2, 0) is 4.74 Å². The van der Waals surface area contributed by atoms with Crippen molar-refractivity contribution in [2.75, 3.05) is 50.1 Å². The fraction of sp³-hybridized carbons (Fsp3) is 0.250. The van der Waals surface area contributed by atoms with E-state index in [9.17, 15) is 0 Å². The van der Waals surface area contributed by atoms with Gasteiger partial charge in [-0.3, -0.25) is 4.90 Å². The van der Waals surface area contributed by atoms with Gasteiger partial charge < -0.3 is 25.1 Å². The standard InChI is InChI=1S/C24H26N6O2/c1-4-21(32-16-13-30-11-14-31-15-12-30)5-2-19(1)28-24-26-10-8-23(29-24)27-20-3-6-22-18(17-20)7-9-25-22/h1-10,17,25H,11-16H2,(H2,26,27,28,29). The predicted octanol–water partition coefficient (Wildman–Crippen LogP) is 4.16. The first kappa shape index (κ1) is 20.3. The van der Waals surface area contributed by atoms with Gasteiger partial charge in [0.2, 0.25) is 5.95 Å². The Morgan fingerprint density at radius 2 is 1.81 bits per heavy atom. The number of anilines is 4. The highest BCUT2D eigenvalue weighted by molar-refractivity contribution is 5.83. The first-order valence-corrected chi connectivity index (χ1v) is 10.8. The molecule has 1 fully saturated rings. The summed E-state index contributed by atoms with van der Waals surface area (Å²) in [6.07, 6.45) is 3.66. The van der Waals surface area contributed by atoms with Gasteiger partial charge in [0, 0.05) is 54.3 Å². The quantitative estimate of drug-likeness (QED) is 0.387. The lowest BCUT2D eigenvalue weighted by molar-refractivity contribution is 0.0322. The highest BCUT2D eigenvalue weighted by Crippen LogP contribution is 2.22. The number of hydrogen-bond acceptors (Lipinski definition) is 7. The van der Waals surface area contributed by atoms with E-state index >= 15 is 0 Å². The van der Waals surface area contributed by atoms with Gasteiger partial charge in [-0.2, -0.15) is 4.98 Å². The van der Waals surface area contributed by atoms with E-state index in [1.54, 1.807) is 6.20 Å².